The summed E-state index contributed by atoms with van der Waals surface area (Å²) in [5.41, 5.74) is 3.29. The van der Waals surface area contributed by atoms with Crippen molar-refractivity contribution in [2.45, 2.75) is 45.4 Å². The van der Waals surface area contributed by atoms with E-state index in [4.69, 9.17) is 0 Å². The fraction of sp³-hybridized carbons (Fsp3) is 0.444. The number of fused-ring (bicyclic) bond motifs is 1. The van der Waals surface area contributed by atoms with Crippen LogP contribution < -0.4 is 10.6 Å². The summed E-state index contributed by atoms with van der Waals surface area (Å²) in [6.45, 7) is 7.34. The first-order valence-electron chi connectivity index (χ1n) is 8.08. The van der Waals surface area contributed by atoms with Gasteiger partial charge in [-0.25, -0.2) is 4.98 Å². The second-order valence-corrected chi connectivity index (χ2v) is 8.02. The van der Waals surface area contributed by atoms with Gasteiger partial charge in [-0.15, -0.1) is 11.3 Å². The van der Waals surface area contributed by atoms with E-state index in [1.54, 1.807) is 6.20 Å². The predicted octanol–water partition coefficient (Wildman–Crippen LogP) is 4.44. The number of aryl methyl sites for hydroxylation is 1. The molecule has 0 unspecified atom stereocenters. The molecule has 1 aliphatic heterocycles. The number of anilines is 2. The Labute approximate surface area is 141 Å². The van der Waals surface area contributed by atoms with Crippen LogP contribution in [0.4, 0.5) is 11.4 Å². The maximum Gasteiger partial charge on any atom is 0.267 e. The predicted molar refractivity (Wildman–Crippen MR) is 96.6 cm³/mol. The molecule has 1 aromatic carbocycles. The van der Waals surface area contributed by atoms with Gasteiger partial charge in [0.2, 0.25) is 0 Å². The van der Waals surface area contributed by atoms with Gasteiger partial charge in [0, 0.05) is 23.3 Å². The van der Waals surface area contributed by atoms with Gasteiger partial charge in [-0.05, 0) is 43.0 Å². The Morgan fingerprint density at radius 2 is 2.13 bits per heavy atom. The highest BCUT2D eigenvalue weighted by molar-refractivity contribution is 7.13. The van der Waals surface area contributed by atoms with Crippen LogP contribution in [0, 0.1) is 0 Å². The molecule has 23 heavy (non-hydrogen) atoms. The zero-order chi connectivity index (χ0) is 16.4. The summed E-state index contributed by atoms with van der Waals surface area (Å²) in [5.74, 6) is -0.0838. The highest BCUT2D eigenvalue weighted by Gasteiger charge is 2.20. The fourth-order valence-corrected chi connectivity index (χ4v) is 3.50. The molecule has 1 aromatic heterocycles. The quantitative estimate of drug-likeness (QED) is 0.856. The molecule has 0 radical (unpaired) electrons. The van der Waals surface area contributed by atoms with Gasteiger partial charge in [0.1, 0.15) is 4.88 Å². The summed E-state index contributed by atoms with van der Waals surface area (Å²) in [6.07, 6.45) is 5.10. The lowest BCUT2D eigenvalue weighted by Gasteiger charge is -2.13. The molecule has 2 heterocycles. The molecular formula is C18H23N3OS. The van der Waals surface area contributed by atoms with Gasteiger partial charge in [0.15, 0.2) is 0 Å². The number of benzene rings is 1. The van der Waals surface area contributed by atoms with E-state index in [1.807, 2.05) is 6.07 Å². The molecule has 0 spiro atoms. The van der Waals surface area contributed by atoms with Crippen molar-refractivity contribution >= 4 is 28.6 Å². The summed E-state index contributed by atoms with van der Waals surface area (Å²) < 4.78 is 0. The van der Waals surface area contributed by atoms with Crippen LogP contribution in [-0.4, -0.2) is 17.4 Å². The molecule has 5 heteroatoms. The van der Waals surface area contributed by atoms with Crippen molar-refractivity contribution in [1.29, 1.82) is 0 Å². The van der Waals surface area contributed by atoms with E-state index in [0.717, 1.165) is 23.7 Å². The first-order chi connectivity index (χ1) is 10.9. The Bertz CT molecular complexity index is 715. The molecule has 0 bridgehead atoms. The summed E-state index contributed by atoms with van der Waals surface area (Å²) in [7, 11) is 0. The average Bonchev–Trinajstić information content (AvgIpc) is 2.88. The third-order valence-corrected chi connectivity index (χ3v) is 5.34. The highest BCUT2D eigenvalue weighted by Crippen LogP contribution is 2.28. The van der Waals surface area contributed by atoms with Crippen molar-refractivity contribution in [3.05, 3.63) is 39.8 Å². The Balaban J connectivity index is 1.75. The van der Waals surface area contributed by atoms with Crippen LogP contribution in [0.5, 0.6) is 0 Å². The molecule has 0 atom stereocenters. The molecule has 1 aliphatic rings. The van der Waals surface area contributed by atoms with E-state index in [0.29, 0.717) is 4.88 Å². The standard InChI is InChI=1S/C18H23N3OS/c1-18(2,3)17-20-11-15(23-17)16(22)21-13-7-8-14-12(10-13)6-4-5-9-19-14/h7-8,10-11,19H,4-6,9H2,1-3H3,(H,21,22). The van der Waals surface area contributed by atoms with Gasteiger partial charge in [-0.3, -0.25) is 4.79 Å². The van der Waals surface area contributed by atoms with E-state index in [-0.39, 0.29) is 11.3 Å². The lowest BCUT2D eigenvalue weighted by molar-refractivity contribution is 0.103. The number of nitrogens with one attached hydrogen (secondary N) is 2. The second-order valence-electron chi connectivity index (χ2n) is 6.99. The number of carbonyl (C=O) groups excluding carboxylic acids is 1. The zero-order valence-corrected chi connectivity index (χ0v) is 14.7. The average molecular weight is 329 g/mol. The van der Waals surface area contributed by atoms with Gasteiger partial charge in [-0.2, -0.15) is 0 Å². The van der Waals surface area contributed by atoms with Crippen molar-refractivity contribution in [2.24, 2.45) is 0 Å². The molecule has 122 valence electrons. The Morgan fingerprint density at radius 3 is 2.87 bits per heavy atom. The smallest absolute Gasteiger partial charge is 0.267 e. The molecular weight excluding hydrogens is 306 g/mol. The van der Waals surface area contributed by atoms with Gasteiger partial charge in [-0.1, -0.05) is 20.8 Å². The summed E-state index contributed by atoms with van der Waals surface area (Å²) in [5, 5.41) is 7.41. The lowest BCUT2D eigenvalue weighted by atomic mass is 9.98. The molecule has 0 saturated heterocycles. The third-order valence-electron chi connectivity index (χ3n) is 3.92. The van der Waals surface area contributed by atoms with Crippen LogP contribution in [0.1, 0.15) is 53.9 Å². The first-order valence-corrected chi connectivity index (χ1v) is 8.89. The number of hydrogen-bond donors (Lipinski definition) is 2. The van der Waals surface area contributed by atoms with Crippen molar-refractivity contribution in [3.63, 3.8) is 0 Å². The fourth-order valence-electron chi connectivity index (χ4n) is 2.63. The summed E-state index contributed by atoms with van der Waals surface area (Å²) in [6, 6.07) is 6.10. The van der Waals surface area contributed by atoms with Crippen LogP contribution >= 0.6 is 11.3 Å². The molecule has 4 nitrogen and oxygen atoms in total. The minimum atomic E-state index is -0.0838. The molecule has 2 N–H and O–H groups in total. The molecule has 3 rings (SSSR count). The summed E-state index contributed by atoms with van der Waals surface area (Å²) >= 11 is 1.46. The van der Waals surface area contributed by atoms with Crippen molar-refractivity contribution in [2.75, 3.05) is 17.2 Å². The Morgan fingerprint density at radius 1 is 1.30 bits per heavy atom. The Kier molecular flexibility index (Phi) is 4.39. The third kappa shape index (κ3) is 3.72. The van der Waals surface area contributed by atoms with Gasteiger partial charge >= 0.3 is 0 Å². The number of amides is 1. The van der Waals surface area contributed by atoms with Crippen LogP contribution in [0.15, 0.2) is 24.4 Å². The maximum atomic E-state index is 12.4. The van der Waals surface area contributed by atoms with E-state index < -0.39 is 0 Å². The van der Waals surface area contributed by atoms with Crippen LogP contribution in [0.3, 0.4) is 0 Å². The topological polar surface area (TPSA) is 54.0 Å². The maximum absolute atomic E-state index is 12.4. The monoisotopic (exact) mass is 329 g/mol. The summed E-state index contributed by atoms with van der Waals surface area (Å²) in [4.78, 5) is 17.5. The van der Waals surface area contributed by atoms with Gasteiger partial charge in [0.05, 0.1) is 11.2 Å². The SMILES string of the molecule is CC(C)(C)c1ncc(C(=O)Nc2ccc3c(c2)CCCCN3)s1. The van der Waals surface area contributed by atoms with Crippen LogP contribution in [-0.2, 0) is 11.8 Å². The number of nitrogens with zero attached hydrogens (tertiary/aromatic N) is 1. The number of carbonyl (C=O) groups is 1. The number of aromatic nitrogens is 1. The normalized spacial score (nSPS) is 14.6. The van der Waals surface area contributed by atoms with Crippen LogP contribution in [0.2, 0.25) is 0 Å². The Hall–Kier alpha value is -1.88. The minimum absolute atomic E-state index is 0.0288. The molecule has 2 aromatic rings. The molecule has 0 aliphatic carbocycles. The van der Waals surface area contributed by atoms with E-state index in [9.17, 15) is 4.79 Å². The van der Waals surface area contributed by atoms with E-state index >= 15 is 0 Å². The minimum Gasteiger partial charge on any atom is -0.385 e. The first kappa shape index (κ1) is 16.0. The lowest BCUT2D eigenvalue weighted by Crippen LogP contribution is -2.11. The van der Waals surface area contributed by atoms with Crippen molar-refractivity contribution in [3.8, 4) is 0 Å². The largest absolute Gasteiger partial charge is 0.385 e. The van der Waals surface area contributed by atoms with Crippen molar-refractivity contribution in [1.82, 2.24) is 4.98 Å². The number of hydrogen-bond acceptors (Lipinski definition) is 4. The van der Waals surface area contributed by atoms with Gasteiger partial charge in [0.25, 0.3) is 5.91 Å². The van der Waals surface area contributed by atoms with Gasteiger partial charge < -0.3 is 10.6 Å². The van der Waals surface area contributed by atoms with E-state index in [2.05, 4.69) is 48.5 Å². The van der Waals surface area contributed by atoms with E-state index in [1.165, 1.54) is 35.4 Å². The van der Waals surface area contributed by atoms with Crippen molar-refractivity contribution < 1.29 is 4.79 Å². The number of rotatable bonds is 2. The van der Waals surface area contributed by atoms with Crippen LogP contribution in [0.25, 0.3) is 0 Å². The molecule has 0 fully saturated rings. The highest BCUT2D eigenvalue weighted by atomic mass is 32.1. The molecule has 0 saturated carbocycles. The molecule has 1 amide bonds. The second kappa shape index (κ2) is 6.32. The number of thiazole rings is 1. The zero-order valence-electron chi connectivity index (χ0n) is 13.9.